The number of methoxy groups -OCH3 is 1. The lowest BCUT2D eigenvalue weighted by atomic mass is 10.3. The average Bonchev–Trinajstić information content (AvgIpc) is 2.24. The maximum Gasteiger partial charge on any atom is 0.330 e. The summed E-state index contributed by atoms with van der Waals surface area (Å²) in [4.78, 5) is 10.7. The first kappa shape index (κ1) is 11.2. The van der Waals surface area contributed by atoms with Gasteiger partial charge in [0.05, 0.1) is 7.11 Å². The van der Waals surface area contributed by atoms with Gasteiger partial charge >= 0.3 is 5.97 Å². The number of hydrogen-bond donors (Lipinski definition) is 1. The van der Waals surface area contributed by atoms with Crippen molar-refractivity contribution in [3.8, 4) is 0 Å². The molecule has 0 unspecified atom stereocenters. The first-order chi connectivity index (χ1) is 7.22. The number of anilines is 1. The number of ether oxygens (including phenoxy) is 1. The van der Waals surface area contributed by atoms with Crippen LogP contribution in [-0.4, -0.2) is 19.6 Å². The lowest BCUT2D eigenvalue weighted by molar-refractivity contribution is -0.134. The number of nitrogens with one attached hydrogen (secondary N) is 1. The lowest BCUT2D eigenvalue weighted by Gasteiger charge is -2.02. The van der Waals surface area contributed by atoms with Crippen LogP contribution in [0.4, 0.5) is 10.1 Å². The standard InChI is InChI=1S/C11H12FNO2/c1-15-11(14)6-3-7-13-10-5-2-4-9(12)8-10/h2-6,8,13H,7H2,1H3/b6-3+. The van der Waals surface area contributed by atoms with E-state index in [0.29, 0.717) is 12.2 Å². The summed E-state index contributed by atoms with van der Waals surface area (Å²) in [7, 11) is 1.31. The van der Waals surface area contributed by atoms with E-state index in [9.17, 15) is 9.18 Å². The zero-order valence-corrected chi connectivity index (χ0v) is 8.37. The number of hydrogen-bond acceptors (Lipinski definition) is 3. The Morgan fingerprint density at radius 1 is 1.60 bits per heavy atom. The molecule has 0 spiro atoms. The highest BCUT2D eigenvalue weighted by Gasteiger charge is 1.93. The molecule has 1 aromatic carbocycles. The smallest absolute Gasteiger partial charge is 0.330 e. The Balaban J connectivity index is 2.38. The Kier molecular flexibility index (Phi) is 4.34. The highest BCUT2D eigenvalue weighted by molar-refractivity contribution is 5.81. The number of carbonyl (C=O) groups is 1. The van der Waals surface area contributed by atoms with E-state index in [1.165, 1.54) is 25.3 Å². The van der Waals surface area contributed by atoms with Crippen LogP contribution in [0.25, 0.3) is 0 Å². The molecule has 1 N–H and O–H groups in total. The molecule has 4 heteroatoms. The molecule has 1 rings (SSSR count). The SMILES string of the molecule is COC(=O)/C=C/CNc1cccc(F)c1. The maximum atomic E-state index is 12.7. The Bertz CT molecular complexity index is 363. The van der Waals surface area contributed by atoms with E-state index < -0.39 is 5.97 Å². The van der Waals surface area contributed by atoms with Gasteiger partial charge in [-0.25, -0.2) is 9.18 Å². The second kappa shape index (κ2) is 5.80. The Labute approximate surface area is 87.6 Å². The van der Waals surface area contributed by atoms with Crippen LogP contribution < -0.4 is 5.32 Å². The monoisotopic (exact) mass is 209 g/mol. The fourth-order valence-electron chi connectivity index (χ4n) is 0.998. The van der Waals surface area contributed by atoms with Crippen LogP contribution in [-0.2, 0) is 9.53 Å². The highest BCUT2D eigenvalue weighted by Crippen LogP contribution is 2.08. The molecule has 0 fully saturated rings. The van der Waals surface area contributed by atoms with E-state index >= 15 is 0 Å². The van der Waals surface area contributed by atoms with Gasteiger partial charge in [-0.2, -0.15) is 0 Å². The van der Waals surface area contributed by atoms with Crippen LogP contribution in [0.15, 0.2) is 36.4 Å². The van der Waals surface area contributed by atoms with Gasteiger partial charge in [-0.3, -0.25) is 0 Å². The van der Waals surface area contributed by atoms with E-state index in [1.54, 1.807) is 18.2 Å². The van der Waals surface area contributed by atoms with Gasteiger partial charge in [0.25, 0.3) is 0 Å². The molecule has 0 aliphatic rings. The molecular formula is C11H12FNO2. The van der Waals surface area contributed by atoms with Crippen molar-refractivity contribution >= 4 is 11.7 Å². The zero-order chi connectivity index (χ0) is 11.1. The summed E-state index contributed by atoms with van der Waals surface area (Å²) >= 11 is 0. The number of rotatable bonds is 4. The van der Waals surface area contributed by atoms with Crippen LogP contribution in [0, 0.1) is 5.82 Å². The molecule has 0 amide bonds. The van der Waals surface area contributed by atoms with Crippen LogP contribution in [0.3, 0.4) is 0 Å². The van der Waals surface area contributed by atoms with Gasteiger partial charge in [-0.1, -0.05) is 12.1 Å². The normalized spacial score (nSPS) is 10.3. The summed E-state index contributed by atoms with van der Waals surface area (Å²) in [6.07, 6.45) is 2.92. The fraction of sp³-hybridized carbons (Fsp3) is 0.182. The zero-order valence-electron chi connectivity index (χ0n) is 8.37. The molecule has 0 aliphatic carbocycles. The molecule has 15 heavy (non-hydrogen) atoms. The van der Waals surface area contributed by atoms with Crippen molar-refractivity contribution in [3.63, 3.8) is 0 Å². The van der Waals surface area contributed by atoms with Crippen molar-refractivity contribution in [2.45, 2.75) is 0 Å². The molecule has 0 aromatic heterocycles. The van der Waals surface area contributed by atoms with Crippen molar-refractivity contribution in [2.75, 3.05) is 19.0 Å². The summed E-state index contributed by atoms with van der Waals surface area (Å²) < 4.78 is 17.1. The Hall–Kier alpha value is -1.84. The van der Waals surface area contributed by atoms with Gasteiger partial charge in [0.1, 0.15) is 5.82 Å². The van der Waals surface area contributed by atoms with Crippen LogP contribution in [0.5, 0.6) is 0 Å². The predicted octanol–water partition coefficient (Wildman–Crippen LogP) is 1.97. The van der Waals surface area contributed by atoms with E-state index in [0.717, 1.165) is 0 Å². The molecule has 3 nitrogen and oxygen atoms in total. The van der Waals surface area contributed by atoms with Crippen molar-refractivity contribution in [1.29, 1.82) is 0 Å². The third kappa shape index (κ3) is 4.26. The predicted molar refractivity (Wildman–Crippen MR) is 56.0 cm³/mol. The first-order valence-corrected chi connectivity index (χ1v) is 4.46. The summed E-state index contributed by atoms with van der Waals surface area (Å²) in [6, 6.07) is 6.11. The van der Waals surface area contributed by atoms with E-state index in [4.69, 9.17) is 0 Å². The Morgan fingerprint density at radius 2 is 2.40 bits per heavy atom. The molecule has 0 bridgehead atoms. The summed E-state index contributed by atoms with van der Waals surface area (Å²) in [5.41, 5.74) is 0.671. The lowest BCUT2D eigenvalue weighted by Crippen LogP contribution is -2.00. The highest BCUT2D eigenvalue weighted by atomic mass is 19.1. The van der Waals surface area contributed by atoms with Crippen molar-refractivity contribution in [1.82, 2.24) is 0 Å². The molecule has 0 radical (unpaired) electrons. The molecule has 0 atom stereocenters. The van der Waals surface area contributed by atoms with Crippen molar-refractivity contribution in [3.05, 3.63) is 42.2 Å². The van der Waals surface area contributed by atoms with Gasteiger partial charge in [0.15, 0.2) is 0 Å². The van der Waals surface area contributed by atoms with Crippen molar-refractivity contribution in [2.24, 2.45) is 0 Å². The minimum absolute atomic E-state index is 0.294. The average molecular weight is 209 g/mol. The quantitative estimate of drug-likeness (QED) is 0.608. The van der Waals surface area contributed by atoms with Crippen LogP contribution >= 0.6 is 0 Å². The molecule has 80 valence electrons. The molecule has 0 aliphatic heterocycles. The first-order valence-electron chi connectivity index (χ1n) is 4.46. The largest absolute Gasteiger partial charge is 0.466 e. The van der Waals surface area contributed by atoms with Gasteiger partial charge < -0.3 is 10.1 Å². The molecule has 0 saturated carbocycles. The van der Waals surface area contributed by atoms with E-state index in [1.807, 2.05) is 0 Å². The van der Waals surface area contributed by atoms with E-state index in [2.05, 4.69) is 10.1 Å². The van der Waals surface area contributed by atoms with Crippen LogP contribution in [0.2, 0.25) is 0 Å². The molecule has 0 heterocycles. The summed E-state index contributed by atoms with van der Waals surface area (Å²) in [5, 5.41) is 2.93. The maximum absolute atomic E-state index is 12.7. The third-order valence-electron chi connectivity index (χ3n) is 1.70. The van der Waals surface area contributed by atoms with Gasteiger partial charge in [-0.05, 0) is 18.2 Å². The number of halogens is 1. The Morgan fingerprint density at radius 3 is 3.07 bits per heavy atom. The fourth-order valence-corrected chi connectivity index (χ4v) is 0.998. The number of benzene rings is 1. The minimum atomic E-state index is -0.406. The van der Waals surface area contributed by atoms with Crippen molar-refractivity contribution < 1.29 is 13.9 Å². The molecular weight excluding hydrogens is 197 g/mol. The van der Waals surface area contributed by atoms with Gasteiger partial charge in [0.2, 0.25) is 0 Å². The third-order valence-corrected chi connectivity index (χ3v) is 1.70. The van der Waals surface area contributed by atoms with Gasteiger partial charge in [0, 0.05) is 18.3 Å². The number of carbonyl (C=O) groups excluding carboxylic acids is 1. The summed E-state index contributed by atoms with van der Waals surface area (Å²) in [5.74, 6) is -0.701. The second-order valence-electron chi connectivity index (χ2n) is 2.82. The van der Waals surface area contributed by atoms with Gasteiger partial charge in [-0.15, -0.1) is 0 Å². The van der Waals surface area contributed by atoms with E-state index in [-0.39, 0.29) is 5.82 Å². The molecule has 0 saturated heterocycles. The molecule has 1 aromatic rings. The van der Waals surface area contributed by atoms with Crippen LogP contribution in [0.1, 0.15) is 0 Å². The summed E-state index contributed by atoms with van der Waals surface area (Å²) in [6.45, 7) is 0.443. The second-order valence-corrected chi connectivity index (χ2v) is 2.82. The number of esters is 1. The topological polar surface area (TPSA) is 38.3 Å². The minimum Gasteiger partial charge on any atom is -0.466 e.